The van der Waals surface area contributed by atoms with Gasteiger partial charge in [0.05, 0.1) is 5.69 Å². The molecule has 5 N–H and O–H groups in total. The monoisotopic (exact) mass is 688 g/mol. The number of hydrogen-bond acceptors (Lipinski definition) is 8. The first-order chi connectivity index (χ1) is 23.9. The second-order valence-electron chi connectivity index (χ2n) is 13.9. The van der Waals surface area contributed by atoms with E-state index in [-0.39, 0.29) is 91.9 Å². The molecule has 2 aromatic heterocycles. The van der Waals surface area contributed by atoms with E-state index in [9.17, 15) is 29.1 Å². The zero-order chi connectivity index (χ0) is 35.9. The van der Waals surface area contributed by atoms with Gasteiger partial charge in [0, 0.05) is 56.8 Å². The topological polar surface area (TPSA) is 187 Å². The standard InChI is InChI=1S/C36H48N8O6/c1-21(2)27-13-8-22(3)17-30(46)41-28(18-24-9-11-26(45)12-10-24)33(48)37-14-5-7-31(47)44-20-25(19-29(44)34(49)42-27)40-35(50)32-23(4)39-36-38-15-6-16-43(32)36/h6,9-12,15-16,21-22,25,27-29,45H,5,7-8,13-14,17-20H2,1-4H3,(H,37,48)(H,40,50)(H,41,46)(H,42,49)/t22-,25-,27+,28+,29+/m1/s1. The molecule has 0 spiro atoms. The molecule has 5 amide bonds. The second-order valence-corrected chi connectivity index (χ2v) is 13.9. The van der Waals surface area contributed by atoms with Gasteiger partial charge in [0.2, 0.25) is 29.4 Å². The third-order valence-corrected chi connectivity index (χ3v) is 9.58. The maximum atomic E-state index is 13.8. The first-order valence-electron chi connectivity index (χ1n) is 17.4. The van der Waals surface area contributed by atoms with E-state index in [1.165, 1.54) is 12.1 Å². The largest absolute Gasteiger partial charge is 0.508 e. The summed E-state index contributed by atoms with van der Waals surface area (Å²) >= 11 is 0. The number of carbonyl (C=O) groups is 5. The van der Waals surface area contributed by atoms with Gasteiger partial charge in [-0.05, 0) is 68.2 Å². The van der Waals surface area contributed by atoms with Gasteiger partial charge in [0.25, 0.3) is 5.91 Å². The van der Waals surface area contributed by atoms with Crippen molar-refractivity contribution >= 4 is 35.3 Å². The first-order valence-corrected chi connectivity index (χ1v) is 17.4. The average molecular weight is 689 g/mol. The number of aromatic hydroxyl groups is 1. The van der Waals surface area contributed by atoms with E-state index in [1.54, 1.807) is 46.8 Å². The van der Waals surface area contributed by atoms with Gasteiger partial charge in [-0.1, -0.05) is 32.9 Å². The minimum Gasteiger partial charge on any atom is -0.508 e. The van der Waals surface area contributed by atoms with Crippen LogP contribution in [-0.4, -0.2) is 91.2 Å². The van der Waals surface area contributed by atoms with Gasteiger partial charge in [-0.25, -0.2) is 9.97 Å². The Kier molecular flexibility index (Phi) is 11.7. The van der Waals surface area contributed by atoms with Crippen LogP contribution in [0.1, 0.15) is 81.0 Å². The van der Waals surface area contributed by atoms with Crippen molar-refractivity contribution in [1.82, 2.24) is 40.5 Å². The van der Waals surface area contributed by atoms with Crippen LogP contribution < -0.4 is 21.3 Å². The SMILES string of the molecule is Cc1nc2ncccn2c1C(=O)N[C@@H]1C[C@H]2C(=O)N[C@H](C(C)C)CC[C@@H](C)CC(=O)N[C@@H](Cc3ccc(O)cc3)C(=O)NCCCC(=O)N2C1. The van der Waals surface area contributed by atoms with Crippen molar-refractivity contribution < 1.29 is 29.1 Å². The van der Waals surface area contributed by atoms with Crippen molar-refractivity contribution in [3.8, 4) is 5.75 Å². The number of amides is 5. The number of phenolic OH excluding ortho intramolecular Hbond substituents is 1. The summed E-state index contributed by atoms with van der Waals surface area (Å²) in [6, 6.07) is 5.90. The Morgan fingerprint density at radius 2 is 1.84 bits per heavy atom. The average Bonchev–Trinajstić information content (AvgIpc) is 3.65. The summed E-state index contributed by atoms with van der Waals surface area (Å²) in [4.78, 5) is 77.5. The Morgan fingerprint density at radius 1 is 1.08 bits per heavy atom. The number of imidazole rings is 1. The number of aryl methyl sites for hydroxylation is 1. The number of hydrogen-bond donors (Lipinski definition) is 5. The van der Waals surface area contributed by atoms with Crippen molar-refractivity contribution in [1.29, 1.82) is 0 Å². The van der Waals surface area contributed by atoms with Gasteiger partial charge in [0.15, 0.2) is 0 Å². The van der Waals surface area contributed by atoms with Crippen molar-refractivity contribution in [2.75, 3.05) is 13.1 Å². The number of nitrogens with zero attached hydrogens (tertiary/aromatic N) is 4. The van der Waals surface area contributed by atoms with Crippen LogP contribution in [-0.2, 0) is 25.6 Å². The second kappa shape index (κ2) is 16.1. The Balaban J connectivity index is 1.33. The van der Waals surface area contributed by atoms with Crippen molar-refractivity contribution in [2.24, 2.45) is 11.8 Å². The summed E-state index contributed by atoms with van der Waals surface area (Å²) in [5.74, 6) is -0.933. The Morgan fingerprint density at radius 3 is 2.58 bits per heavy atom. The lowest BCUT2D eigenvalue weighted by molar-refractivity contribution is -0.139. The third kappa shape index (κ3) is 8.96. The molecule has 5 atom stereocenters. The molecule has 0 aliphatic carbocycles. The lowest BCUT2D eigenvalue weighted by Crippen LogP contribution is -2.50. The van der Waals surface area contributed by atoms with E-state index < -0.39 is 18.1 Å². The van der Waals surface area contributed by atoms with Crippen LogP contribution in [0.4, 0.5) is 0 Å². The fourth-order valence-corrected chi connectivity index (χ4v) is 6.77. The molecule has 268 valence electrons. The van der Waals surface area contributed by atoms with E-state index >= 15 is 0 Å². The normalized spacial score (nSPS) is 24.6. The Bertz CT molecular complexity index is 1710. The number of phenols is 1. The Hall–Kier alpha value is -5.01. The third-order valence-electron chi connectivity index (χ3n) is 9.58. The van der Waals surface area contributed by atoms with E-state index in [0.29, 0.717) is 36.4 Å². The molecule has 3 aromatic rings. The predicted octanol–water partition coefficient (Wildman–Crippen LogP) is 2.03. The van der Waals surface area contributed by atoms with Gasteiger partial charge in [0.1, 0.15) is 23.5 Å². The van der Waals surface area contributed by atoms with Gasteiger partial charge >= 0.3 is 0 Å². The van der Waals surface area contributed by atoms with E-state index in [4.69, 9.17) is 0 Å². The van der Waals surface area contributed by atoms with Crippen molar-refractivity contribution in [2.45, 2.75) is 96.8 Å². The molecule has 0 radical (unpaired) electrons. The van der Waals surface area contributed by atoms with Crippen molar-refractivity contribution in [3.05, 3.63) is 59.7 Å². The van der Waals surface area contributed by atoms with Crippen LogP contribution in [0.2, 0.25) is 0 Å². The molecule has 5 rings (SSSR count). The van der Waals surface area contributed by atoms with Crippen LogP contribution in [0.5, 0.6) is 5.75 Å². The van der Waals surface area contributed by atoms with E-state index in [0.717, 1.165) is 5.56 Å². The summed E-state index contributed by atoms with van der Waals surface area (Å²) in [6.07, 6.45) is 5.68. The van der Waals surface area contributed by atoms with E-state index in [2.05, 4.69) is 31.2 Å². The number of nitrogens with one attached hydrogen (secondary N) is 4. The summed E-state index contributed by atoms with van der Waals surface area (Å²) < 4.78 is 1.62. The summed E-state index contributed by atoms with van der Waals surface area (Å²) in [5.41, 5.74) is 1.64. The lowest BCUT2D eigenvalue weighted by Gasteiger charge is -2.29. The number of benzene rings is 1. The van der Waals surface area contributed by atoms with Crippen LogP contribution in [0, 0.1) is 18.8 Å². The summed E-state index contributed by atoms with van der Waals surface area (Å²) in [7, 11) is 0. The fraction of sp³-hybridized carbons (Fsp3) is 0.528. The number of fused-ring (bicyclic) bond motifs is 2. The maximum Gasteiger partial charge on any atom is 0.270 e. The minimum atomic E-state index is -0.837. The quantitative estimate of drug-likeness (QED) is 0.269. The highest BCUT2D eigenvalue weighted by atomic mass is 16.3. The fourth-order valence-electron chi connectivity index (χ4n) is 6.77. The highest BCUT2D eigenvalue weighted by molar-refractivity contribution is 5.95. The molecule has 14 heteroatoms. The molecule has 0 bridgehead atoms. The summed E-state index contributed by atoms with van der Waals surface area (Å²) in [6.45, 7) is 8.10. The minimum absolute atomic E-state index is 0.0214. The molecular formula is C36H48N8O6. The lowest BCUT2D eigenvalue weighted by atomic mass is 9.92. The highest BCUT2D eigenvalue weighted by Crippen LogP contribution is 2.23. The number of aromatic nitrogens is 3. The molecule has 0 unspecified atom stereocenters. The molecule has 4 heterocycles. The maximum absolute atomic E-state index is 13.8. The molecule has 2 aliphatic heterocycles. The molecule has 1 aromatic carbocycles. The Labute approximate surface area is 291 Å². The van der Waals surface area contributed by atoms with Crippen LogP contribution in [0.3, 0.4) is 0 Å². The van der Waals surface area contributed by atoms with Crippen LogP contribution >= 0.6 is 0 Å². The molecular weight excluding hydrogens is 640 g/mol. The van der Waals surface area contributed by atoms with Crippen LogP contribution in [0.15, 0.2) is 42.7 Å². The zero-order valence-electron chi connectivity index (χ0n) is 29.1. The molecule has 2 saturated heterocycles. The predicted molar refractivity (Wildman–Crippen MR) is 185 cm³/mol. The molecule has 2 aliphatic rings. The van der Waals surface area contributed by atoms with Gasteiger partial charge < -0.3 is 31.3 Å². The molecule has 50 heavy (non-hydrogen) atoms. The van der Waals surface area contributed by atoms with Gasteiger partial charge in [-0.2, -0.15) is 0 Å². The number of rotatable bonds is 5. The van der Waals surface area contributed by atoms with Gasteiger partial charge in [-0.3, -0.25) is 28.4 Å². The highest BCUT2D eigenvalue weighted by Gasteiger charge is 2.41. The molecule has 0 saturated carbocycles. The number of carbonyl (C=O) groups excluding carboxylic acids is 5. The van der Waals surface area contributed by atoms with Crippen molar-refractivity contribution in [3.63, 3.8) is 0 Å². The zero-order valence-corrected chi connectivity index (χ0v) is 29.1. The molecule has 14 nitrogen and oxygen atoms in total. The van der Waals surface area contributed by atoms with Gasteiger partial charge in [-0.15, -0.1) is 0 Å². The van der Waals surface area contributed by atoms with E-state index in [1.807, 2.05) is 20.8 Å². The smallest absolute Gasteiger partial charge is 0.270 e. The van der Waals surface area contributed by atoms with Crippen LogP contribution in [0.25, 0.3) is 5.78 Å². The molecule has 2 fully saturated rings. The summed E-state index contributed by atoms with van der Waals surface area (Å²) in [5, 5.41) is 21.6. The first kappa shape index (κ1) is 36.3.